The van der Waals surface area contributed by atoms with E-state index in [4.69, 9.17) is 11.6 Å². The van der Waals surface area contributed by atoms with Gasteiger partial charge in [-0.1, -0.05) is 38.4 Å². The minimum atomic E-state index is 0.232. The highest BCUT2D eigenvalue weighted by Gasteiger charge is 2.16. The summed E-state index contributed by atoms with van der Waals surface area (Å²) in [6, 6.07) is 8.33. The van der Waals surface area contributed by atoms with E-state index < -0.39 is 0 Å². The zero-order valence-electron chi connectivity index (χ0n) is 8.60. The van der Waals surface area contributed by atoms with Crippen molar-refractivity contribution in [3.8, 4) is 0 Å². The van der Waals surface area contributed by atoms with Crippen molar-refractivity contribution in [1.82, 2.24) is 0 Å². The molecule has 0 saturated carbocycles. The van der Waals surface area contributed by atoms with Gasteiger partial charge in [0.1, 0.15) is 0 Å². The smallest absolute Gasteiger partial charge is 0.0420 e. The fraction of sp³-hybridized carbons (Fsp3) is 0.333. The van der Waals surface area contributed by atoms with E-state index in [0.29, 0.717) is 0 Å². The molecule has 1 aromatic heterocycles. The summed E-state index contributed by atoms with van der Waals surface area (Å²) in [6.07, 6.45) is 0. The molecule has 0 aliphatic rings. The number of rotatable bonds is 0. The highest BCUT2D eigenvalue weighted by molar-refractivity contribution is 7.19. The summed E-state index contributed by atoms with van der Waals surface area (Å²) in [5.74, 6) is 0. The summed E-state index contributed by atoms with van der Waals surface area (Å²) < 4.78 is 1.28. The van der Waals surface area contributed by atoms with Gasteiger partial charge >= 0.3 is 0 Å². The first-order valence-electron chi connectivity index (χ1n) is 4.66. The van der Waals surface area contributed by atoms with Crippen LogP contribution in [-0.2, 0) is 5.41 Å². The molecule has 0 aliphatic carbocycles. The van der Waals surface area contributed by atoms with Gasteiger partial charge in [0.05, 0.1) is 0 Å². The van der Waals surface area contributed by atoms with Gasteiger partial charge in [-0.15, -0.1) is 11.3 Å². The van der Waals surface area contributed by atoms with Crippen LogP contribution in [-0.4, -0.2) is 0 Å². The molecule has 0 bridgehead atoms. The molecule has 74 valence electrons. The molecule has 0 N–H and O–H groups in total. The van der Waals surface area contributed by atoms with Crippen molar-refractivity contribution in [3.63, 3.8) is 0 Å². The Hall–Kier alpha value is -0.530. The fourth-order valence-electron chi connectivity index (χ4n) is 1.37. The van der Waals surface area contributed by atoms with Crippen molar-refractivity contribution in [1.29, 1.82) is 0 Å². The lowest BCUT2D eigenvalue weighted by atomic mass is 9.94. The minimum Gasteiger partial charge on any atom is -0.140 e. The van der Waals surface area contributed by atoms with Crippen LogP contribution in [0, 0.1) is 0 Å². The molecule has 0 fully saturated rings. The van der Waals surface area contributed by atoms with Crippen molar-refractivity contribution in [2.75, 3.05) is 0 Å². The summed E-state index contributed by atoms with van der Waals surface area (Å²) in [5, 5.41) is 2.11. The Morgan fingerprint density at radius 2 is 1.86 bits per heavy atom. The van der Waals surface area contributed by atoms with E-state index in [1.165, 1.54) is 15.0 Å². The first-order chi connectivity index (χ1) is 6.47. The average Bonchev–Trinajstić information content (AvgIpc) is 2.45. The number of halogens is 1. The van der Waals surface area contributed by atoms with E-state index >= 15 is 0 Å². The highest BCUT2D eigenvalue weighted by atomic mass is 35.5. The molecule has 0 spiro atoms. The van der Waals surface area contributed by atoms with Crippen LogP contribution in [0.4, 0.5) is 0 Å². The normalized spacial score (nSPS) is 12.3. The first-order valence-corrected chi connectivity index (χ1v) is 5.86. The number of hydrogen-bond acceptors (Lipinski definition) is 1. The fourth-order valence-corrected chi connectivity index (χ4v) is 2.77. The molecule has 0 nitrogen and oxygen atoms in total. The summed E-state index contributed by atoms with van der Waals surface area (Å²) in [4.78, 5) is 1.41. The molecular formula is C12H13ClS. The Bertz CT molecular complexity index is 463. The van der Waals surface area contributed by atoms with Crippen LogP contribution in [0.15, 0.2) is 24.3 Å². The molecule has 0 amide bonds. The van der Waals surface area contributed by atoms with E-state index in [-0.39, 0.29) is 5.41 Å². The molecule has 2 heteroatoms. The Balaban J connectivity index is 2.63. The molecule has 14 heavy (non-hydrogen) atoms. The van der Waals surface area contributed by atoms with Gasteiger partial charge < -0.3 is 0 Å². The first kappa shape index (κ1) is 10.0. The summed E-state index contributed by atoms with van der Waals surface area (Å²) >= 11 is 7.78. The average molecular weight is 225 g/mol. The maximum Gasteiger partial charge on any atom is 0.0420 e. The van der Waals surface area contributed by atoms with Crippen molar-refractivity contribution in [2.45, 2.75) is 26.2 Å². The van der Waals surface area contributed by atoms with Crippen LogP contribution < -0.4 is 0 Å². The third-order valence-corrected chi connectivity index (χ3v) is 3.98. The van der Waals surface area contributed by atoms with Gasteiger partial charge in [0, 0.05) is 14.6 Å². The highest BCUT2D eigenvalue weighted by Crippen LogP contribution is 2.35. The van der Waals surface area contributed by atoms with Crippen molar-refractivity contribution in [3.05, 3.63) is 34.2 Å². The molecule has 1 heterocycles. The van der Waals surface area contributed by atoms with Gasteiger partial charge in [0.25, 0.3) is 0 Å². The Kier molecular flexibility index (Phi) is 2.32. The van der Waals surface area contributed by atoms with Crippen LogP contribution in [0.5, 0.6) is 0 Å². The summed E-state index contributed by atoms with van der Waals surface area (Å²) in [5.41, 5.74) is 0.232. The third kappa shape index (κ3) is 1.79. The largest absolute Gasteiger partial charge is 0.140 e. The van der Waals surface area contributed by atoms with E-state index in [1.807, 2.05) is 23.5 Å². The predicted octanol–water partition coefficient (Wildman–Crippen LogP) is 4.85. The van der Waals surface area contributed by atoms with Gasteiger partial charge in [-0.05, 0) is 29.0 Å². The van der Waals surface area contributed by atoms with Crippen LogP contribution in [0.25, 0.3) is 10.1 Å². The van der Waals surface area contributed by atoms with Crippen molar-refractivity contribution >= 4 is 33.0 Å². The number of fused-ring (bicyclic) bond motifs is 1. The van der Waals surface area contributed by atoms with Crippen molar-refractivity contribution in [2.24, 2.45) is 0 Å². The molecule has 2 rings (SSSR count). The lowest BCUT2D eigenvalue weighted by molar-refractivity contribution is 0.604. The number of hydrogen-bond donors (Lipinski definition) is 0. The Morgan fingerprint density at radius 1 is 1.14 bits per heavy atom. The van der Waals surface area contributed by atoms with E-state index in [2.05, 4.69) is 32.9 Å². The van der Waals surface area contributed by atoms with Crippen LogP contribution >= 0.6 is 22.9 Å². The lowest BCUT2D eigenvalue weighted by Crippen LogP contribution is -2.07. The van der Waals surface area contributed by atoms with Crippen LogP contribution in [0.3, 0.4) is 0 Å². The predicted molar refractivity (Wildman–Crippen MR) is 65.5 cm³/mol. The second-order valence-electron chi connectivity index (χ2n) is 4.54. The molecular weight excluding hydrogens is 212 g/mol. The zero-order chi connectivity index (χ0) is 10.3. The summed E-state index contributed by atoms with van der Waals surface area (Å²) in [6.45, 7) is 6.71. The van der Waals surface area contributed by atoms with Gasteiger partial charge in [-0.3, -0.25) is 0 Å². The minimum absolute atomic E-state index is 0.232. The standard InChI is InChI=1S/C12H13ClS/c1-12(2,3)11-6-8-4-5-9(13)7-10(8)14-11/h4-7H,1-3H3. The van der Waals surface area contributed by atoms with E-state index in [0.717, 1.165) is 5.02 Å². The quantitative estimate of drug-likeness (QED) is 0.600. The van der Waals surface area contributed by atoms with Crippen LogP contribution in [0.1, 0.15) is 25.6 Å². The number of benzene rings is 1. The zero-order valence-corrected chi connectivity index (χ0v) is 10.2. The van der Waals surface area contributed by atoms with Gasteiger partial charge in [0.2, 0.25) is 0 Å². The van der Waals surface area contributed by atoms with E-state index in [9.17, 15) is 0 Å². The molecule has 0 radical (unpaired) electrons. The molecule has 0 atom stereocenters. The maximum absolute atomic E-state index is 5.95. The van der Waals surface area contributed by atoms with Gasteiger partial charge in [-0.2, -0.15) is 0 Å². The lowest BCUT2D eigenvalue weighted by Gasteiger charge is -2.14. The Morgan fingerprint density at radius 3 is 2.50 bits per heavy atom. The molecule has 2 aromatic rings. The summed E-state index contributed by atoms with van der Waals surface area (Å²) in [7, 11) is 0. The maximum atomic E-state index is 5.95. The van der Waals surface area contributed by atoms with E-state index in [1.54, 1.807) is 0 Å². The Labute approximate surface area is 93.5 Å². The molecule has 0 saturated heterocycles. The number of thiophene rings is 1. The van der Waals surface area contributed by atoms with Gasteiger partial charge in [-0.25, -0.2) is 0 Å². The topological polar surface area (TPSA) is 0 Å². The second kappa shape index (κ2) is 3.25. The van der Waals surface area contributed by atoms with Crippen molar-refractivity contribution < 1.29 is 0 Å². The third-order valence-electron chi connectivity index (χ3n) is 2.22. The van der Waals surface area contributed by atoms with Crippen LogP contribution in [0.2, 0.25) is 5.02 Å². The SMILES string of the molecule is CC(C)(C)c1cc2ccc(Cl)cc2s1. The molecule has 0 aliphatic heterocycles. The second-order valence-corrected chi connectivity index (χ2v) is 6.06. The monoisotopic (exact) mass is 224 g/mol. The molecule has 1 aromatic carbocycles. The van der Waals surface area contributed by atoms with Gasteiger partial charge in [0.15, 0.2) is 0 Å². The molecule has 0 unspecified atom stereocenters.